The molecule has 2 unspecified atom stereocenters. The van der Waals surface area contributed by atoms with Crippen molar-refractivity contribution in [3.05, 3.63) is 94.3 Å². The van der Waals surface area contributed by atoms with Crippen molar-refractivity contribution >= 4 is 23.2 Å². The van der Waals surface area contributed by atoms with Gasteiger partial charge < -0.3 is 16.0 Å². The Labute approximate surface area is 228 Å². The fourth-order valence-electron chi connectivity index (χ4n) is 6.29. The van der Waals surface area contributed by atoms with Gasteiger partial charge in [0.2, 0.25) is 11.8 Å². The zero-order chi connectivity index (χ0) is 28.1. The number of carbonyl (C=O) groups excluding carboxylic acids is 2. The van der Waals surface area contributed by atoms with Crippen LogP contribution >= 0.6 is 0 Å². The number of amides is 2. The molecule has 5 rings (SSSR count). The number of hydrogen-bond donors (Lipinski definition) is 3. The van der Waals surface area contributed by atoms with E-state index in [0.29, 0.717) is 34.5 Å². The first-order chi connectivity index (χ1) is 18.5. The van der Waals surface area contributed by atoms with Crippen molar-refractivity contribution in [1.82, 2.24) is 5.32 Å². The topological polar surface area (TPSA) is 94.0 Å². The maximum absolute atomic E-state index is 15.9. The number of anilines is 2. The standard InChI is InChI=1S/C32H33FN4O2/c1-18-9-14-23-24(15-18)36-30(39)32(23)25(16-31(3,4)5)37-28(26(32)22-8-6-7-19(2)27(22)33)29(38)35-21-12-10-20(17-34)11-13-21/h6-15,25-26,28,37H,16H2,1-5H3,(H,35,38)(H,36,39)/t25?,26?,28-,32-/m1/s1. The average Bonchev–Trinajstić information content (AvgIpc) is 3.35. The van der Waals surface area contributed by atoms with E-state index in [9.17, 15) is 9.59 Å². The molecule has 39 heavy (non-hydrogen) atoms. The molecular weight excluding hydrogens is 491 g/mol. The molecule has 1 spiro atoms. The fraction of sp³-hybridized carbons (Fsp3) is 0.344. The Morgan fingerprint density at radius 2 is 1.82 bits per heavy atom. The smallest absolute Gasteiger partial charge is 0.242 e. The van der Waals surface area contributed by atoms with Gasteiger partial charge in [0.15, 0.2) is 0 Å². The van der Waals surface area contributed by atoms with E-state index in [-0.39, 0.29) is 17.2 Å². The zero-order valence-electron chi connectivity index (χ0n) is 22.9. The van der Waals surface area contributed by atoms with E-state index in [1.54, 1.807) is 49.4 Å². The number of hydrogen-bond acceptors (Lipinski definition) is 4. The van der Waals surface area contributed by atoms with Crippen LogP contribution in [0, 0.1) is 36.4 Å². The molecule has 7 heteroatoms. The first-order valence-electron chi connectivity index (χ1n) is 13.2. The number of halogens is 1. The van der Waals surface area contributed by atoms with Gasteiger partial charge in [-0.1, -0.05) is 51.1 Å². The van der Waals surface area contributed by atoms with Crippen molar-refractivity contribution in [2.75, 3.05) is 10.6 Å². The van der Waals surface area contributed by atoms with Crippen LogP contribution in [0.5, 0.6) is 0 Å². The Hall–Kier alpha value is -4.02. The molecule has 2 amide bonds. The van der Waals surface area contributed by atoms with Gasteiger partial charge >= 0.3 is 0 Å². The molecule has 2 aliphatic heterocycles. The summed E-state index contributed by atoms with van der Waals surface area (Å²) in [4.78, 5) is 28.2. The van der Waals surface area contributed by atoms with Gasteiger partial charge in [-0.25, -0.2) is 4.39 Å². The van der Waals surface area contributed by atoms with Crippen molar-refractivity contribution in [3.63, 3.8) is 0 Å². The number of benzene rings is 3. The van der Waals surface area contributed by atoms with E-state index in [1.165, 1.54) is 0 Å². The van der Waals surface area contributed by atoms with Crippen LogP contribution in [0.4, 0.5) is 15.8 Å². The van der Waals surface area contributed by atoms with Crippen LogP contribution in [0.15, 0.2) is 60.7 Å². The van der Waals surface area contributed by atoms with Gasteiger partial charge in [0, 0.05) is 23.3 Å². The number of nitrogens with zero attached hydrogens (tertiary/aromatic N) is 1. The van der Waals surface area contributed by atoms with Gasteiger partial charge in [-0.2, -0.15) is 5.26 Å². The van der Waals surface area contributed by atoms with Crippen LogP contribution in [0.1, 0.15) is 60.9 Å². The maximum Gasteiger partial charge on any atom is 0.242 e. The van der Waals surface area contributed by atoms with E-state index in [1.807, 2.05) is 25.1 Å². The van der Waals surface area contributed by atoms with Crippen LogP contribution in [-0.4, -0.2) is 23.9 Å². The molecule has 3 aromatic carbocycles. The third-order valence-electron chi connectivity index (χ3n) is 7.94. The van der Waals surface area contributed by atoms with E-state index in [0.717, 1.165) is 11.1 Å². The Kier molecular flexibility index (Phi) is 6.56. The second-order valence-corrected chi connectivity index (χ2v) is 12.0. The summed E-state index contributed by atoms with van der Waals surface area (Å²) < 4.78 is 15.9. The molecule has 0 aliphatic carbocycles. The molecule has 1 saturated heterocycles. The molecular formula is C32H33FN4O2. The molecule has 2 heterocycles. The molecule has 4 atom stereocenters. The lowest BCUT2D eigenvalue weighted by atomic mass is 9.62. The normalized spacial score (nSPS) is 23.8. The Balaban J connectivity index is 1.71. The summed E-state index contributed by atoms with van der Waals surface area (Å²) in [6.45, 7) is 9.94. The number of nitrogens with one attached hydrogen (secondary N) is 3. The highest BCUT2D eigenvalue weighted by Gasteiger charge is 2.66. The Morgan fingerprint density at radius 1 is 1.10 bits per heavy atom. The minimum absolute atomic E-state index is 0.188. The van der Waals surface area contributed by atoms with Gasteiger partial charge in [-0.15, -0.1) is 0 Å². The van der Waals surface area contributed by atoms with Gasteiger partial charge in [0.1, 0.15) is 11.2 Å². The highest BCUT2D eigenvalue weighted by atomic mass is 19.1. The lowest BCUT2D eigenvalue weighted by Crippen LogP contribution is -2.49. The summed E-state index contributed by atoms with van der Waals surface area (Å²) in [5, 5.41) is 18.7. The lowest BCUT2D eigenvalue weighted by molar-refractivity contribution is -0.122. The van der Waals surface area contributed by atoms with Crippen molar-refractivity contribution in [2.24, 2.45) is 5.41 Å². The SMILES string of the molecule is Cc1ccc2c(c1)NC(=O)[C@@]21C(CC(C)(C)C)N[C@@H](C(=O)Nc2ccc(C#N)cc2)C1c1cccc(C)c1F. The fourth-order valence-corrected chi connectivity index (χ4v) is 6.29. The number of fused-ring (bicyclic) bond motifs is 2. The predicted octanol–water partition coefficient (Wildman–Crippen LogP) is 5.70. The summed E-state index contributed by atoms with van der Waals surface area (Å²) in [5.74, 6) is -1.82. The van der Waals surface area contributed by atoms with Gasteiger partial charge in [-0.05, 0) is 78.3 Å². The second-order valence-electron chi connectivity index (χ2n) is 12.0. The molecule has 0 radical (unpaired) electrons. The van der Waals surface area contributed by atoms with Crippen LogP contribution < -0.4 is 16.0 Å². The quantitative estimate of drug-likeness (QED) is 0.408. The summed E-state index contributed by atoms with van der Waals surface area (Å²) >= 11 is 0. The molecule has 1 fully saturated rings. The predicted molar refractivity (Wildman–Crippen MR) is 150 cm³/mol. The van der Waals surface area contributed by atoms with E-state index in [2.05, 4.69) is 42.8 Å². The molecule has 0 bridgehead atoms. The number of rotatable bonds is 4. The molecule has 3 aromatic rings. The van der Waals surface area contributed by atoms with E-state index in [4.69, 9.17) is 5.26 Å². The van der Waals surface area contributed by atoms with Crippen molar-refractivity contribution < 1.29 is 14.0 Å². The molecule has 200 valence electrons. The van der Waals surface area contributed by atoms with Crippen molar-refractivity contribution in [2.45, 2.75) is 64.5 Å². The van der Waals surface area contributed by atoms with Gasteiger partial charge in [0.25, 0.3) is 0 Å². The van der Waals surface area contributed by atoms with E-state index < -0.39 is 29.2 Å². The molecule has 0 saturated carbocycles. The highest BCUT2D eigenvalue weighted by molar-refractivity contribution is 6.10. The summed E-state index contributed by atoms with van der Waals surface area (Å²) in [6.07, 6.45) is 0.582. The molecule has 3 N–H and O–H groups in total. The number of carbonyl (C=O) groups is 2. The third kappa shape index (κ3) is 4.49. The highest BCUT2D eigenvalue weighted by Crippen LogP contribution is 2.57. The van der Waals surface area contributed by atoms with Crippen LogP contribution in [-0.2, 0) is 15.0 Å². The zero-order valence-corrected chi connectivity index (χ0v) is 22.9. The third-order valence-corrected chi connectivity index (χ3v) is 7.94. The van der Waals surface area contributed by atoms with Crippen LogP contribution in [0.2, 0.25) is 0 Å². The first kappa shape index (κ1) is 26.6. The molecule has 2 aliphatic rings. The summed E-state index contributed by atoms with van der Waals surface area (Å²) in [7, 11) is 0. The Morgan fingerprint density at radius 3 is 2.49 bits per heavy atom. The molecule has 0 aromatic heterocycles. The molecule has 6 nitrogen and oxygen atoms in total. The van der Waals surface area contributed by atoms with Gasteiger partial charge in [0.05, 0.1) is 17.7 Å². The maximum atomic E-state index is 15.9. The summed E-state index contributed by atoms with van der Waals surface area (Å²) in [5.41, 5.74) is 2.86. The second kappa shape index (κ2) is 9.62. The van der Waals surface area contributed by atoms with E-state index >= 15 is 4.39 Å². The lowest BCUT2D eigenvalue weighted by Gasteiger charge is -2.37. The van der Waals surface area contributed by atoms with Crippen molar-refractivity contribution in [3.8, 4) is 6.07 Å². The average molecular weight is 525 g/mol. The van der Waals surface area contributed by atoms with Gasteiger partial charge in [-0.3, -0.25) is 9.59 Å². The number of aryl methyl sites for hydroxylation is 2. The van der Waals surface area contributed by atoms with Crippen LogP contribution in [0.3, 0.4) is 0 Å². The summed E-state index contributed by atoms with van der Waals surface area (Å²) in [6, 6.07) is 18.3. The first-order valence-corrected chi connectivity index (χ1v) is 13.2. The number of nitriles is 1. The Bertz CT molecular complexity index is 1500. The monoisotopic (exact) mass is 524 g/mol. The largest absolute Gasteiger partial charge is 0.325 e. The van der Waals surface area contributed by atoms with Crippen molar-refractivity contribution in [1.29, 1.82) is 5.26 Å². The minimum Gasteiger partial charge on any atom is -0.325 e. The minimum atomic E-state index is -1.21. The van der Waals surface area contributed by atoms with Crippen LogP contribution in [0.25, 0.3) is 0 Å².